The molecular weight excluding hydrogens is 412 g/mol. The fourth-order valence-corrected chi connectivity index (χ4v) is 3.39. The highest BCUT2D eigenvalue weighted by Crippen LogP contribution is 2.23. The summed E-state index contributed by atoms with van der Waals surface area (Å²) in [7, 11) is 0. The molecule has 0 aliphatic rings. The Kier molecular flexibility index (Phi) is 7.13. The predicted molar refractivity (Wildman–Crippen MR) is 130 cm³/mol. The molecule has 0 fully saturated rings. The smallest absolute Gasteiger partial charge is 0.323 e. The summed E-state index contributed by atoms with van der Waals surface area (Å²) in [6.07, 6.45) is 0. The van der Waals surface area contributed by atoms with Crippen molar-refractivity contribution in [2.75, 3.05) is 10.6 Å². The molecule has 1 unspecified atom stereocenters. The van der Waals surface area contributed by atoms with E-state index in [0.717, 1.165) is 16.9 Å². The highest BCUT2D eigenvalue weighted by atomic mass is 16.5. The molecule has 33 heavy (non-hydrogen) atoms. The van der Waals surface area contributed by atoms with Crippen LogP contribution in [0.25, 0.3) is 0 Å². The van der Waals surface area contributed by atoms with Crippen LogP contribution in [0.5, 0.6) is 0 Å². The van der Waals surface area contributed by atoms with Crippen molar-refractivity contribution in [3.63, 3.8) is 0 Å². The number of carbonyl (C=O) groups is 2. The van der Waals surface area contributed by atoms with Crippen LogP contribution < -0.4 is 10.6 Å². The Labute approximate surface area is 193 Å². The molecule has 0 saturated heterocycles. The van der Waals surface area contributed by atoms with Crippen LogP contribution in [-0.4, -0.2) is 11.9 Å². The van der Waals surface area contributed by atoms with Crippen molar-refractivity contribution in [3.05, 3.63) is 126 Å². The van der Waals surface area contributed by atoms with Crippen molar-refractivity contribution < 1.29 is 14.3 Å². The van der Waals surface area contributed by atoms with Gasteiger partial charge in [-0.25, -0.2) is 0 Å². The second kappa shape index (κ2) is 10.8. The number of hydrogen-bond acceptors (Lipinski definition) is 4. The molecule has 4 aromatic rings. The van der Waals surface area contributed by atoms with Crippen molar-refractivity contribution in [2.45, 2.75) is 12.5 Å². The minimum absolute atomic E-state index is 0.107. The van der Waals surface area contributed by atoms with Gasteiger partial charge < -0.3 is 15.4 Å². The number of hydrogen-bond donors (Lipinski definition) is 2. The van der Waals surface area contributed by atoms with Crippen LogP contribution in [0.1, 0.15) is 17.0 Å². The zero-order valence-corrected chi connectivity index (χ0v) is 18.0. The maximum atomic E-state index is 13.1. The molecule has 1 amide bonds. The minimum atomic E-state index is -1.07. The van der Waals surface area contributed by atoms with E-state index in [0.29, 0.717) is 11.3 Å². The van der Waals surface area contributed by atoms with Gasteiger partial charge in [-0.05, 0) is 47.5 Å². The lowest BCUT2D eigenvalue weighted by atomic mass is 9.98. The van der Waals surface area contributed by atoms with Crippen LogP contribution in [-0.2, 0) is 20.9 Å². The highest BCUT2D eigenvalue weighted by Gasteiger charge is 2.30. The highest BCUT2D eigenvalue weighted by molar-refractivity contribution is 6.09. The number of anilines is 3. The minimum Gasteiger partial charge on any atom is -0.460 e. The first-order chi connectivity index (χ1) is 16.2. The molecular formula is C28H24N2O3. The standard InChI is InChI=1S/C28H24N2O3/c31-27(30-25-18-16-24(17-19-25)29-23-14-8-3-9-15-23)26(22-12-6-2-7-13-22)28(32)33-20-21-10-4-1-5-11-21/h1-19,26,29H,20H2,(H,30,31). The van der Waals surface area contributed by atoms with Gasteiger partial charge in [0.05, 0.1) is 0 Å². The number of rotatable bonds is 8. The van der Waals surface area contributed by atoms with Crippen molar-refractivity contribution in [1.82, 2.24) is 0 Å². The quantitative estimate of drug-likeness (QED) is 0.267. The first-order valence-electron chi connectivity index (χ1n) is 10.7. The Morgan fingerprint density at radius 1 is 0.636 bits per heavy atom. The first-order valence-corrected chi connectivity index (χ1v) is 10.7. The van der Waals surface area contributed by atoms with E-state index in [9.17, 15) is 9.59 Å². The lowest BCUT2D eigenvalue weighted by Crippen LogP contribution is -2.29. The molecule has 0 saturated carbocycles. The van der Waals surface area contributed by atoms with Crippen molar-refractivity contribution in [2.24, 2.45) is 0 Å². The molecule has 5 nitrogen and oxygen atoms in total. The number of carbonyl (C=O) groups excluding carboxylic acids is 2. The Morgan fingerprint density at radius 3 is 1.79 bits per heavy atom. The molecule has 4 rings (SSSR count). The van der Waals surface area contributed by atoms with Crippen LogP contribution in [0.3, 0.4) is 0 Å². The predicted octanol–water partition coefficient (Wildman–Crippen LogP) is 5.90. The zero-order valence-electron chi connectivity index (χ0n) is 18.0. The fourth-order valence-electron chi connectivity index (χ4n) is 3.39. The summed E-state index contributed by atoms with van der Waals surface area (Å²) in [4.78, 5) is 26.0. The molecule has 4 aromatic carbocycles. The third-order valence-electron chi connectivity index (χ3n) is 5.07. The molecule has 0 aliphatic heterocycles. The molecule has 0 aliphatic carbocycles. The van der Waals surface area contributed by atoms with Crippen LogP contribution >= 0.6 is 0 Å². The lowest BCUT2D eigenvalue weighted by Gasteiger charge is -2.17. The summed E-state index contributed by atoms with van der Waals surface area (Å²) in [5, 5.41) is 6.14. The lowest BCUT2D eigenvalue weighted by molar-refractivity contribution is -0.149. The van der Waals surface area contributed by atoms with E-state index in [4.69, 9.17) is 4.74 Å². The van der Waals surface area contributed by atoms with Gasteiger partial charge in [-0.3, -0.25) is 9.59 Å². The van der Waals surface area contributed by atoms with E-state index in [1.165, 1.54) is 0 Å². The second-order valence-electron chi connectivity index (χ2n) is 7.49. The number of ether oxygens (including phenoxy) is 1. The van der Waals surface area contributed by atoms with E-state index < -0.39 is 17.8 Å². The number of nitrogens with one attached hydrogen (secondary N) is 2. The molecule has 2 N–H and O–H groups in total. The molecule has 0 aromatic heterocycles. The Bertz CT molecular complexity index is 1180. The Balaban J connectivity index is 1.45. The van der Waals surface area contributed by atoms with Gasteiger partial charge in [-0.15, -0.1) is 0 Å². The van der Waals surface area contributed by atoms with Gasteiger partial charge in [0, 0.05) is 17.1 Å². The van der Waals surface area contributed by atoms with E-state index in [2.05, 4.69) is 10.6 Å². The van der Waals surface area contributed by atoms with Crippen LogP contribution in [0.4, 0.5) is 17.1 Å². The van der Waals surface area contributed by atoms with Gasteiger partial charge in [-0.2, -0.15) is 0 Å². The van der Waals surface area contributed by atoms with E-state index in [-0.39, 0.29) is 6.61 Å². The topological polar surface area (TPSA) is 67.4 Å². The molecule has 0 spiro atoms. The van der Waals surface area contributed by atoms with Crippen LogP contribution in [0.15, 0.2) is 115 Å². The second-order valence-corrected chi connectivity index (χ2v) is 7.49. The SMILES string of the molecule is O=C(Nc1ccc(Nc2ccccc2)cc1)C(C(=O)OCc1ccccc1)c1ccccc1. The summed E-state index contributed by atoms with van der Waals surface area (Å²) in [5.41, 5.74) is 3.89. The maximum Gasteiger partial charge on any atom is 0.323 e. The van der Waals surface area contributed by atoms with Gasteiger partial charge in [0.15, 0.2) is 5.92 Å². The molecule has 0 radical (unpaired) electrons. The average Bonchev–Trinajstić information content (AvgIpc) is 2.86. The third-order valence-corrected chi connectivity index (χ3v) is 5.07. The normalized spacial score (nSPS) is 11.3. The zero-order chi connectivity index (χ0) is 22.9. The van der Waals surface area contributed by atoms with Crippen LogP contribution in [0, 0.1) is 0 Å². The summed E-state index contributed by atoms with van der Waals surface area (Å²) in [5.74, 6) is -2.11. The molecule has 0 bridgehead atoms. The van der Waals surface area contributed by atoms with Crippen LogP contribution in [0.2, 0.25) is 0 Å². The van der Waals surface area contributed by atoms with Crippen molar-refractivity contribution in [1.29, 1.82) is 0 Å². The van der Waals surface area contributed by atoms with Gasteiger partial charge in [0.25, 0.3) is 0 Å². The first kappa shape index (κ1) is 21.8. The van der Waals surface area contributed by atoms with Crippen molar-refractivity contribution in [3.8, 4) is 0 Å². The third kappa shape index (κ3) is 6.08. The van der Waals surface area contributed by atoms with Crippen molar-refractivity contribution >= 4 is 28.9 Å². The largest absolute Gasteiger partial charge is 0.460 e. The van der Waals surface area contributed by atoms with Gasteiger partial charge in [0.1, 0.15) is 6.61 Å². The Hall–Kier alpha value is -4.38. The molecule has 0 heterocycles. The number of benzene rings is 4. The van der Waals surface area contributed by atoms with E-state index >= 15 is 0 Å². The number of amides is 1. The molecule has 164 valence electrons. The average molecular weight is 437 g/mol. The van der Waals surface area contributed by atoms with E-state index in [1.807, 2.05) is 78.9 Å². The summed E-state index contributed by atoms with van der Waals surface area (Å²) in [6, 6.07) is 35.5. The summed E-state index contributed by atoms with van der Waals surface area (Å²) < 4.78 is 5.48. The Morgan fingerprint density at radius 2 is 1.15 bits per heavy atom. The van der Waals surface area contributed by atoms with Gasteiger partial charge in [0.2, 0.25) is 5.91 Å². The maximum absolute atomic E-state index is 13.1. The molecule has 1 atom stereocenters. The molecule has 5 heteroatoms. The summed E-state index contributed by atoms with van der Waals surface area (Å²) >= 11 is 0. The number of para-hydroxylation sites is 1. The number of esters is 1. The van der Waals surface area contributed by atoms with E-state index in [1.54, 1.807) is 36.4 Å². The monoisotopic (exact) mass is 436 g/mol. The van der Waals surface area contributed by atoms with Gasteiger partial charge in [-0.1, -0.05) is 78.9 Å². The fraction of sp³-hybridized carbons (Fsp3) is 0.0714. The summed E-state index contributed by atoms with van der Waals surface area (Å²) in [6.45, 7) is 0.107. The van der Waals surface area contributed by atoms with Gasteiger partial charge >= 0.3 is 5.97 Å².